The van der Waals surface area contributed by atoms with E-state index in [1.807, 2.05) is 17.5 Å². The first-order valence-corrected chi connectivity index (χ1v) is 7.87. The van der Waals surface area contributed by atoms with Crippen LogP contribution in [0.25, 0.3) is 10.6 Å². The molecular formula is C16H20N2S. The Labute approximate surface area is 119 Å². The summed E-state index contributed by atoms with van der Waals surface area (Å²) in [5.41, 5.74) is 2.59. The molecule has 0 amide bonds. The van der Waals surface area contributed by atoms with Gasteiger partial charge in [0, 0.05) is 35.4 Å². The molecular weight excluding hydrogens is 252 g/mol. The highest BCUT2D eigenvalue weighted by atomic mass is 32.1. The zero-order valence-corrected chi connectivity index (χ0v) is 12.4. The van der Waals surface area contributed by atoms with E-state index in [1.54, 1.807) is 0 Å². The lowest BCUT2D eigenvalue weighted by Crippen LogP contribution is -2.17. The highest BCUT2D eigenvalue weighted by Gasteiger charge is 2.14. The van der Waals surface area contributed by atoms with Gasteiger partial charge in [0.1, 0.15) is 5.01 Å². The molecule has 2 heterocycles. The Morgan fingerprint density at radius 1 is 1.21 bits per heavy atom. The fraction of sp³-hybridized carbons (Fsp3) is 0.438. The van der Waals surface area contributed by atoms with Gasteiger partial charge in [0.2, 0.25) is 0 Å². The van der Waals surface area contributed by atoms with Crippen LogP contribution in [0.15, 0.2) is 30.5 Å². The van der Waals surface area contributed by atoms with Crippen LogP contribution in [-0.2, 0) is 0 Å². The second-order valence-electron chi connectivity index (χ2n) is 5.47. The number of anilines is 1. The fourth-order valence-electron chi connectivity index (χ4n) is 2.50. The third-order valence-electron chi connectivity index (χ3n) is 3.66. The van der Waals surface area contributed by atoms with Gasteiger partial charge in [-0.1, -0.05) is 26.0 Å². The lowest BCUT2D eigenvalue weighted by Gasteiger charge is -2.17. The Hall–Kier alpha value is -1.35. The van der Waals surface area contributed by atoms with E-state index in [9.17, 15) is 0 Å². The van der Waals surface area contributed by atoms with Crippen molar-refractivity contribution in [2.45, 2.75) is 32.6 Å². The molecule has 2 aromatic rings. The lowest BCUT2D eigenvalue weighted by atomic mass is 10.2. The summed E-state index contributed by atoms with van der Waals surface area (Å²) in [6, 6.07) is 8.82. The minimum atomic E-state index is 0.563. The fourth-order valence-corrected chi connectivity index (χ4v) is 3.41. The average molecular weight is 272 g/mol. The molecule has 19 heavy (non-hydrogen) atoms. The Kier molecular flexibility index (Phi) is 3.56. The lowest BCUT2D eigenvalue weighted by molar-refractivity contribution is 0.885. The van der Waals surface area contributed by atoms with Gasteiger partial charge in [-0.25, -0.2) is 4.98 Å². The summed E-state index contributed by atoms with van der Waals surface area (Å²) in [7, 11) is 0. The van der Waals surface area contributed by atoms with E-state index in [-0.39, 0.29) is 0 Å². The van der Waals surface area contributed by atoms with E-state index in [1.165, 1.54) is 42.1 Å². The van der Waals surface area contributed by atoms with Gasteiger partial charge in [-0.3, -0.25) is 0 Å². The number of aromatic nitrogens is 1. The van der Waals surface area contributed by atoms with Crippen LogP contribution in [0.5, 0.6) is 0 Å². The highest BCUT2D eigenvalue weighted by Crippen LogP contribution is 2.32. The Morgan fingerprint density at radius 3 is 2.68 bits per heavy atom. The van der Waals surface area contributed by atoms with Gasteiger partial charge >= 0.3 is 0 Å². The maximum absolute atomic E-state index is 4.58. The van der Waals surface area contributed by atoms with Crippen molar-refractivity contribution in [1.29, 1.82) is 0 Å². The number of rotatable bonds is 3. The molecule has 3 heteroatoms. The van der Waals surface area contributed by atoms with Gasteiger partial charge in [0.05, 0.1) is 0 Å². The van der Waals surface area contributed by atoms with E-state index in [2.05, 4.69) is 48.0 Å². The first-order chi connectivity index (χ1) is 9.24. The first kappa shape index (κ1) is 12.7. The molecule has 0 bridgehead atoms. The number of benzene rings is 1. The first-order valence-electron chi connectivity index (χ1n) is 7.05. The molecule has 1 aromatic carbocycles. The van der Waals surface area contributed by atoms with Crippen LogP contribution in [0, 0.1) is 0 Å². The molecule has 100 valence electrons. The van der Waals surface area contributed by atoms with E-state index < -0.39 is 0 Å². The molecule has 0 aliphatic carbocycles. The molecule has 0 radical (unpaired) electrons. The third-order valence-corrected chi connectivity index (χ3v) is 5.00. The minimum Gasteiger partial charge on any atom is -0.372 e. The summed E-state index contributed by atoms with van der Waals surface area (Å²) in [6.07, 6.45) is 4.66. The molecule has 1 aliphatic heterocycles. The summed E-state index contributed by atoms with van der Waals surface area (Å²) in [5, 5.41) is 1.14. The second-order valence-corrected chi connectivity index (χ2v) is 6.53. The maximum atomic E-state index is 4.58. The predicted octanol–water partition coefficient (Wildman–Crippen LogP) is 4.53. The van der Waals surface area contributed by atoms with Gasteiger partial charge < -0.3 is 4.90 Å². The normalized spacial score (nSPS) is 15.4. The quantitative estimate of drug-likeness (QED) is 0.816. The molecule has 1 aliphatic rings. The number of nitrogens with zero attached hydrogens (tertiary/aromatic N) is 2. The topological polar surface area (TPSA) is 16.1 Å². The summed E-state index contributed by atoms with van der Waals surface area (Å²) in [6.45, 7) is 6.83. The molecule has 2 nitrogen and oxygen atoms in total. The number of thiazole rings is 1. The monoisotopic (exact) mass is 272 g/mol. The molecule has 3 rings (SSSR count). The Morgan fingerprint density at radius 2 is 2.00 bits per heavy atom. The third kappa shape index (κ3) is 2.66. The van der Waals surface area contributed by atoms with Crippen LogP contribution in [-0.4, -0.2) is 18.1 Å². The molecule has 1 aromatic heterocycles. The maximum Gasteiger partial charge on any atom is 0.123 e. The van der Waals surface area contributed by atoms with Crippen molar-refractivity contribution in [2.75, 3.05) is 18.0 Å². The van der Waals surface area contributed by atoms with Crippen LogP contribution in [0.4, 0.5) is 5.69 Å². The van der Waals surface area contributed by atoms with Crippen LogP contribution >= 0.6 is 11.3 Å². The van der Waals surface area contributed by atoms with Crippen LogP contribution in [0.1, 0.15) is 37.5 Å². The SMILES string of the molecule is CC(C)c1cnc(-c2cccc(N3CCCC3)c2)s1. The van der Waals surface area contributed by atoms with E-state index in [0.29, 0.717) is 5.92 Å². The van der Waals surface area contributed by atoms with E-state index in [0.717, 1.165) is 5.01 Å². The highest BCUT2D eigenvalue weighted by molar-refractivity contribution is 7.15. The van der Waals surface area contributed by atoms with Crippen molar-refractivity contribution in [3.05, 3.63) is 35.3 Å². The van der Waals surface area contributed by atoms with Gasteiger partial charge in [-0.2, -0.15) is 0 Å². The molecule has 1 fully saturated rings. The molecule has 0 spiro atoms. The molecule has 1 saturated heterocycles. The van der Waals surface area contributed by atoms with Crippen molar-refractivity contribution in [2.24, 2.45) is 0 Å². The van der Waals surface area contributed by atoms with Gasteiger partial charge in [0.25, 0.3) is 0 Å². The van der Waals surface area contributed by atoms with Gasteiger partial charge in [-0.05, 0) is 30.9 Å². The van der Waals surface area contributed by atoms with Gasteiger partial charge in [-0.15, -0.1) is 11.3 Å². The van der Waals surface area contributed by atoms with Crippen molar-refractivity contribution in [3.63, 3.8) is 0 Å². The minimum absolute atomic E-state index is 0.563. The summed E-state index contributed by atoms with van der Waals surface area (Å²) in [4.78, 5) is 8.41. The Balaban J connectivity index is 1.89. The standard InChI is InChI=1S/C16H20N2S/c1-12(2)15-11-17-16(19-15)13-6-5-7-14(10-13)18-8-3-4-9-18/h5-7,10-12H,3-4,8-9H2,1-2H3. The van der Waals surface area contributed by atoms with Crippen molar-refractivity contribution in [3.8, 4) is 10.6 Å². The van der Waals surface area contributed by atoms with Crippen LogP contribution in [0.2, 0.25) is 0 Å². The largest absolute Gasteiger partial charge is 0.372 e. The smallest absolute Gasteiger partial charge is 0.123 e. The number of hydrogen-bond donors (Lipinski definition) is 0. The molecule has 0 N–H and O–H groups in total. The number of hydrogen-bond acceptors (Lipinski definition) is 3. The van der Waals surface area contributed by atoms with Crippen LogP contribution < -0.4 is 4.90 Å². The predicted molar refractivity (Wildman–Crippen MR) is 83.1 cm³/mol. The zero-order valence-electron chi connectivity index (χ0n) is 11.6. The zero-order chi connectivity index (χ0) is 13.2. The van der Waals surface area contributed by atoms with Crippen molar-refractivity contribution < 1.29 is 0 Å². The summed E-state index contributed by atoms with van der Waals surface area (Å²) in [5.74, 6) is 0.563. The van der Waals surface area contributed by atoms with E-state index in [4.69, 9.17) is 0 Å². The van der Waals surface area contributed by atoms with Crippen molar-refractivity contribution >= 4 is 17.0 Å². The molecule has 0 unspecified atom stereocenters. The molecule has 0 saturated carbocycles. The average Bonchev–Trinajstić information content (AvgIpc) is 3.10. The van der Waals surface area contributed by atoms with Crippen molar-refractivity contribution in [1.82, 2.24) is 4.98 Å². The molecule has 0 atom stereocenters. The van der Waals surface area contributed by atoms with E-state index >= 15 is 0 Å². The summed E-state index contributed by atoms with van der Waals surface area (Å²) < 4.78 is 0. The summed E-state index contributed by atoms with van der Waals surface area (Å²) >= 11 is 1.82. The van der Waals surface area contributed by atoms with Gasteiger partial charge in [0.15, 0.2) is 0 Å². The van der Waals surface area contributed by atoms with Crippen LogP contribution in [0.3, 0.4) is 0 Å². The Bertz CT molecular complexity index is 553. The second kappa shape index (κ2) is 5.33.